The molecule has 2 aromatic carbocycles. The van der Waals surface area contributed by atoms with Gasteiger partial charge in [0.05, 0.1) is 20.6 Å². The Morgan fingerprint density at radius 2 is 1.78 bits per heavy atom. The number of benzene rings is 2. The van der Waals surface area contributed by atoms with Crippen LogP contribution in [0.15, 0.2) is 42.6 Å². The second-order valence-electron chi connectivity index (χ2n) is 7.00. The van der Waals surface area contributed by atoms with Crippen molar-refractivity contribution in [1.29, 1.82) is 0 Å². The number of hydrogen-bond acceptors (Lipinski definition) is 3. The van der Waals surface area contributed by atoms with E-state index in [0.29, 0.717) is 18.7 Å². The lowest BCUT2D eigenvalue weighted by Gasteiger charge is -2.29. The van der Waals surface area contributed by atoms with Crippen molar-refractivity contribution in [2.75, 3.05) is 20.8 Å². The monoisotopic (exact) mass is 364 g/mol. The smallest absolute Gasteiger partial charge is 0.227 e. The van der Waals surface area contributed by atoms with Gasteiger partial charge in [0.2, 0.25) is 5.91 Å². The minimum absolute atomic E-state index is 0.159. The van der Waals surface area contributed by atoms with Crippen LogP contribution in [0.3, 0.4) is 0 Å². The highest BCUT2D eigenvalue weighted by Gasteiger charge is 2.23. The maximum atomic E-state index is 13.0. The van der Waals surface area contributed by atoms with Crippen LogP contribution >= 0.6 is 0 Å². The Morgan fingerprint density at radius 3 is 2.52 bits per heavy atom. The van der Waals surface area contributed by atoms with Gasteiger partial charge in [0.15, 0.2) is 11.5 Å². The van der Waals surface area contributed by atoms with E-state index in [4.69, 9.17) is 9.47 Å². The largest absolute Gasteiger partial charge is 0.493 e. The highest BCUT2D eigenvalue weighted by molar-refractivity contribution is 5.89. The molecule has 0 spiro atoms. The Labute approximate surface area is 159 Å². The molecule has 1 aromatic heterocycles. The first-order valence-corrected chi connectivity index (χ1v) is 9.15. The number of para-hydroxylation sites is 1. The molecule has 0 saturated heterocycles. The van der Waals surface area contributed by atoms with Gasteiger partial charge in [-0.25, -0.2) is 0 Å². The first kappa shape index (κ1) is 17.5. The van der Waals surface area contributed by atoms with Crippen LogP contribution in [0.2, 0.25) is 0 Å². The van der Waals surface area contributed by atoms with Crippen LogP contribution in [-0.2, 0) is 31.2 Å². The molecule has 140 valence electrons. The number of amides is 1. The lowest BCUT2D eigenvalue weighted by atomic mass is 9.98. The average molecular weight is 364 g/mol. The molecule has 0 N–H and O–H groups in total. The summed E-state index contributed by atoms with van der Waals surface area (Å²) < 4.78 is 12.9. The number of aromatic nitrogens is 1. The first-order valence-electron chi connectivity index (χ1n) is 9.15. The van der Waals surface area contributed by atoms with Crippen molar-refractivity contribution in [3.63, 3.8) is 0 Å². The zero-order valence-corrected chi connectivity index (χ0v) is 16.0. The Balaban J connectivity index is 1.55. The minimum Gasteiger partial charge on any atom is -0.493 e. The lowest BCUT2D eigenvalue weighted by molar-refractivity contribution is -0.131. The fourth-order valence-electron chi connectivity index (χ4n) is 3.94. The lowest BCUT2D eigenvalue weighted by Crippen LogP contribution is -2.36. The SMILES string of the molecule is COc1cc2c(cc1OC)CN(C(=O)Cc1cn(C)c3ccccc13)CC2. The Hall–Kier alpha value is -2.95. The molecular weight excluding hydrogens is 340 g/mol. The summed E-state index contributed by atoms with van der Waals surface area (Å²) in [6.07, 6.45) is 3.31. The number of hydrogen-bond donors (Lipinski definition) is 0. The van der Waals surface area contributed by atoms with Crippen molar-refractivity contribution in [3.05, 3.63) is 59.3 Å². The van der Waals surface area contributed by atoms with Gasteiger partial charge in [0.1, 0.15) is 0 Å². The number of rotatable bonds is 4. The molecule has 3 aromatic rings. The summed E-state index contributed by atoms with van der Waals surface area (Å²) in [6.45, 7) is 1.34. The molecule has 4 rings (SSSR count). The topological polar surface area (TPSA) is 43.7 Å². The van der Waals surface area contributed by atoms with Crippen LogP contribution in [0.4, 0.5) is 0 Å². The highest BCUT2D eigenvalue weighted by atomic mass is 16.5. The van der Waals surface area contributed by atoms with Gasteiger partial charge in [0.25, 0.3) is 0 Å². The molecule has 5 nitrogen and oxygen atoms in total. The number of methoxy groups -OCH3 is 2. The van der Waals surface area contributed by atoms with Crippen LogP contribution in [0.25, 0.3) is 10.9 Å². The number of carbonyl (C=O) groups is 1. The molecule has 5 heteroatoms. The standard InChI is InChI=1S/C22H24N2O3/c1-23-13-17(18-6-4-5-7-19(18)23)12-22(25)24-9-8-15-10-20(26-2)21(27-3)11-16(15)14-24/h4-7,10-11,13H,8-9,12,14H2,1-3H3. The second kappa shape index (κ2) is 6.99. The fourth-order valence-corrected chi connectivity index (χ4v) is 3.94. The number of ether oxygens (including phenoxy) is 2. The van der Waals surface area contributed by atoms with Crippen molar-refractivity contribution in [3.8, 4) is 11.5 Å². The van der Waals surface area contributed by atoms with E-state index in [2.05, 4.69) is 22.9 Å². The summed E-state index contributed by atoms with van der Waals surface area (Å²) in [5.74, 6) is 1.61. The van der Waals surface area contributed by atoms with Crippen molar-refractivity contribution >= 4 is 16.8 Å². The van der Waals surface area contributed by atoms with Gasteiger partial charge in [-0.15, -0.1) is 0 Å². The Kier molecular flexibility index (Phi) is 4.52. The molecule has 0 unspecified atom stereocenters. The third kappa shape index (κ3) is 3.14. The fraction of sp³-hybridized carbons (Fsp3) is 0.318. The highest BCUT2D eigenvalue weighted by Crippen LogP contribution is 2.33. The van der Waals surface area contributed by atoms with E-state index in [9.17, 15) is 4.79 Å². The molecule has 0 radical (unpaired) electrons. The third-order valence-electron chi connectivity index (χ3n) is 5.39. The number of carbonyl (C=O) groups excluding carboxylic acids is 1. The average Bonchev–Trinajstić information content (AvgIpc) is 3.02. The Morgan fingerprint density at radius 1 is 1.07 bits per heavy atom. The predicted molar refractivity (Wildman–Crippen MR) is 105 cm³/mol. The summed E-state index contributed by atoms with van der Waals surface area (Å²) in [6, 6.07) is 12.2. The minimum atomic E-state index is 0.159. The third-order valence-corrected chi connectivity index (χ3v) is 5.39. The van der Waals surface area contributed by atoms with Gasteiger partial charge >= 0.3 is 0 Å². The normalized spacial score (nSPS) is 13.5. The molecule has 27 heavy (non-hydrogen) atoms. The van der Waals surface area contributed by atoms with E-state index < -0.39 is 0 Å². The van der Waals surface area contributed by atoms with Gasteiger partial charge in [-0.05, 0) is 41.3 Å². The maximum absolute atomic E-state index is 13.0. The molecule has 0 fully saturated rings. The molecule has 0 aliphatic carbocycles. The molecule has 2 heterocycles. The van der Waals surface area contributed by atoms with Crippen LogP contribution < -0.4 is 9.47 Å². The van der Waals surface area contributed by atoms with Crippen molar-refractivity contribution in [1.82, 2.24) is 9.47 Å². The van der Waals surface area contributed by atoms with Crippen LogP contribution in [0.1, 0.15) is 16.7 Å². The molecule has 0 saturated carbocycles. The van der Waals surface area contributed by atoms with Gasteiger partial charge in [0, 0.05) is 37.2 Å². The van der Waals surface area contributed by atoms with E-state index in [0.717, 1.165) is 40.7 Å². The summed E-state index contributed by atoms with van der Waals surface area (Å²) in [4.78, 5) is 14.9. The van der Waals surface area contributed by atoms with E-state index >= 15 is 0 Å². The molecular formula is C22H24N2O3. The van der Waals surface area contributed by atoms with Gasteiger partial charge in [-0.1, -0.05) is 18.2 Å². The van der Waals surface area contributed by atoms with Crippen LogP contribution in [0.5, 0.6) is 11.5 Å². The van der Waals surface area contributed by atoms with Crippen LogP contribution in [0, 0.1) is 0 Å². The van der Waals surface area contributed by atoms with E-state index in [-0.39, 0.29) is 5.91 Å². The molecule has 0 atom stereocenters. The second-order valence-corrected chi connectivity index (χ2v) is 7.00. The zero-order valence-electron chi connectivity index (χ0n) is 16.0. The van der Waals surface area contributed by atoms with Crippen molar-refractivity contribution < 1.29 is 14.3 Å². The van der Waals surface area contributed by atoms with Crippen molar-refractivity contribution in [2.24, 2.45) is 7.05 Å². The van der Waals surface area contributed by atoms with E-state index in [1.54, 1.807) is 14.2 Å². The zero-order chi connectivity index (χ0) is 19.0. The summed E-state index contributed by atoms with van der Waals surface area (Å²) in [7, 11) is 5.30. The molecule has 1 amide bonds. The summed E-state index contributed by atoms with van der Waals surface area (Å²) in [5, 5.41) is 1.15. The first-order chi connectivity index (χ1) is 13.1. The van der Waals surface area contributed by atoms with Crippen LogP contribution in [-0.4, -0.2) is 36.1 Å². The van der Waals surface area contributed by atoms with E-state index in [1.807, 2.05) is 36.2 Å². The van der Waals surface area contributed by atoms with Crippen molar-refractivity contribution in [2.45, 2.75) is 19.4 Å². The van der Waals surface area contributed by atoms with Gasteiger partial charge in [-0.3, -0.25) is 4.79 Å². The number of nitrogens with zero attached hydrogens (tertiary/aromatic N) is 2. The quantitative estimate of drug-likeness (QED) is 0.713. The molecule has 1 aliphatic heterocycles. The van der Waals surface area contributed by atoms with Gasteiger partial charge in [-0.2, -0.15) is 0 Å². The summed E-state index contributed by atoms with van der Waals surface area (Å²) >= 11 is 0. The number of aryl methyl sites for hydroxylation is 1. The summed E-state index contributed by atoms with van der Waals surface area (Å²) in [5.41, 5.74) is 4.59. The molecule has 0 bridgehead atoms. The predicted octanol–water partition coefficient (Wildman–Crippen LogP) is 3.32. The molecule has 1 aliphatic rings. The van der Waals surface area contributed by atoms with Gasteiger partial charge < -0.3 is 18.9 Å². The number of fused-ring (bicyclic) bond motifs is 2. The Bertz CT molecular complexity index is 1010. The maximum Gasteiger partial charge on any atom is 0.227 e. The van der Waals surface area contributed by atoms with E-state index in [1.165, 1.54) is 5.56 Å².